The zero-order valence-corrected chi connectivity index (χ0v) is 11.8. The third-order valence-corrected chi connectivity index (χ3v) is 2.99. The van der Waals surface area contributed by atoms with Gasteiger partial charge in [0, 0.05) is 10.5 Å². The number of hydrogen-bond acceptors (Lipinski definition) is 4. The van der Waals surface area contributed by atoms with Gasteiger partial charge in [0.1, 0.15) is 0 Å². The van der Waals surface area contributed by atoms with Crippen molar-refractivity contribution in [3.63, 3.8) is 0 Å². The molecule has 0 bridgehead atoms. The summed E-state index contributed by atoms with van der Waals surface area (Å²) in [5, 5.41) is 17.4. The van der Waals surface area contributed by atoms with Gasteiger partial charge in [0.2, 0.25) is 5.43 Å². The van der Waals surface area contributed by atoms with Crippen molar-refractivity contribution in [2.45, 2.75) is 6.92 Å². The molecule has 0 unspecified atom stereocenters. The smallest absolute Gasteiger partial charge is 0.222 e. The molecule has 0 heterocycles. The summed E-state index contributed by atoms with van der Waals surface area (Å²) in [6.07, 6.45) is 0. The minimum atomic E-state index is -0.482. The Morgan fingerprint density at radius 2 is 1.89 bits per heavy atom. The van der Waals surface area contributed by atoms with Gasteiger partial charge in [-0.3, -0.25) is 4.79 Å². The lowest BCUT2D eigenvalue weighted by Crippen LogP contribution is -1.91. The second-order valence-corrected chi connectivity index (χ2v) is 4.89. The van der Waals surface area contributed by atoms with Crippen LogP contribution in [0.3, 0.4) is 0 Å². The summed E-state index contributed by atoms with van der Waals surface area (Å²) >= 11 is 3.37. The van der Waals surface area contributed by atoms with Crippen LogP contribution in [-0.4, -0.2) is 5.11 Å². The quantitative estimate of drug-likeness (QED) is 0.842. The van der Waals surface area contributed by atoms with Crippen LogP contribution < -0.4 is 5.43 Å². The molecule has 0 spiro atoms. The van der Waals surface area contributed by atoms with Crippen LogP contribution in [0.5, 0.6) is 5.75 Å². The normalized spacial score (nSPS) is 10.8. The van der Waals surface area contributed by atoms with E-state index in [0.717, 1.165) is 15.7 Å². The summed E-state index contributed by atoms with van der Waals surface area (Å²) in [4.78, 5) is 11.4. The molecule has 0 saturated carbocycles. The number of aromatic hydroxyl groups is 1. The van der Waals surface area contributed by atoms with E-state index >= 15 is 0 Å². The fraction of sp³-hybridized carbons (Fsp3) is 0.0714. The summed E-state index contributed by atoms with van der Waals surface area (Å²) < 4.78 is 0.910. The Balaban J connectivity index is 2.38. The van der Waals surface area contributed by atoms with Crippen LogP contribution in [0.4, 0.5) is 11.4 Å². The molecule has 19 heavy (non-hydrogen) atoms. The fourth-order valence-electron chi connectivity index (χ4n) is 1.44. The van der Waals surface area contributed by atoms with E-state index in [2.05, 4.69) is 26.2 Å². The van der Waals surface area contributed by atoms with E-state index in [1.807, 2.05) is 25.1 Å². The molecule has 0 aliphatic carbocycles. The second-order valence-electron chi connectivity index (χ2n) is 3.98. The molecule has 0 fully saturated rings. The van der Waals surface area contributed by atoms with Crippen LogP contribution in [0.25, 0.3) is 0 Å². The molecule has 0 atom stereocenters. The summed E-state index contributed by atoms with van der Waals surface area (Å²) in [6.45, 7) is 1.93. The summed E-state index contributed by atoms with van der Waals surface area (Å²) in [7, 11) is 0. The van der Waals surface area contributed by atoms with Gasteiger partial charge in [-0.1, -0.05) is 28.1 Å². The van der Waals surface area contributed by atoms with E-state index in [-0.39, 0.29) is 5.75 Å². The van der Waals surface area contributed by atoms with E-state index in [4.69, 9.17) is 0 Å². The monoisotopic (exact) mass is 318 g/mol. The topological polar surface area (TPSA) is 62.0 Å². The van der Waals surface area contributed by atoms with Crippen molar-refractivity contribution in [2.75, 3.05) is 0 Å². The van der Waals surface area contributed by atoms with E-state index in [1.165, 1.54) is 12.1 Å². The van der Waals surface area contributed by atoms with E-state index in [9.17, 15) is 9.90 Å². The van der Waals surface area contributed by atoms with E-state index in [0.29, 0.717) is 5.69 Å². The molecule has 0 aliphatic heterocycles. The average molecular weight is 319 g/mol. The van der Waals surface area contributed by atoms with Crippen molar-refractivity contribution in [3.05, 3.63) is 62.7 Å². The molecule has 2 aromatic carbocycles. The van der Waals surface area contributed by atoms with Crippen molar-refractivity contribution < 1.29 is 5.11 Å². The molecule has 0 aliphatic rings. The van der Waals surface area contributed by atoms with Crippen molar-refractivity contribution in [1.82, 2.24) is 0 Å². The maximum absolute atomic E-state index is 11.4. The number of benzene rings is 1. The van der Waals surface area contributed by atoms with Gasteiger partial charge in [-0.2, -0.15) is 10.2 Å². The van der Waals surface area contributed by atoms with Gasteiger partial charge in [-0.15, -0.1) is 0 Å². The number of aryl methyl sites for hydroxylation is 1. The first-order chi connectivity index (χ1) is 9.06. The molecule has 1 N–H and O–H groups in total. The molecular weight excluding hydrogens is 308 g/mol. The van der Waals surface area contributed by atoms with Gasteiger partial charge in [0.25, 0.3) is 0 Å². The van der Waals surface area contributed by atoms with Gasteiger partial charge >= 0.3 is 0 Å². The first kappa shape index (κ1) is 13.4. The molecule has 4 nitrogen and oxygen atoms in total. The van der Waals surface area contributed by atoms with Crippen LogP contribution in [-0.2, 0) is 0 Å². The Morgan fingerprint density at radius 3 is 2.68 bits per heavy atom. The Hall–Kier alpha value is -2.01. The van der Waals surface area contributed by atoms with E-state index in [1.54, 1.807) is 12.1 Å². The average Bonchev–Trinajstić information content (AvgIpc) is 2.53. The number of hydrogen-bond donors (Lipinski definition) is 1. The zero-order valence-electron chi connectivity index (χ0n) is 10.2. The molecule has 2 aromatic rings. The lowest BCUT2D eigenvalue weighted by Gasteiger charge is -1.98. The Morgan fingerprint density at radius 1 is 1.11 bits per heavy atom. The fourth-order valence-corrected chi connectivity index (χ4v) is 1.79. The number of nitrogens with zero attached hydrogens (tertiary/aromatic N) is 2. The first-order valence-electron chi connectivity index (χ1n) is 5.57. The minimum Gasteiger partial charge on any atom is -0.504 e. The molecule has 0 aromatic heterocycles. The Kier molecular flexibility index (Phi) is 4.06. The van der Waals surface area contributed by atoms with Gasteiger partial charge in [-0.25, -0.2) is 0 Å². The summed E-state index contributed by atoms with van der Waals surface area (Å²) in [5.41, 5.74) is 1.62. The predicted octanol–water partition coefficient (Wildman–Crippen LogP) is 4.24. The third kappa shape index (κ3) is 3.48. The van der Waals surface area contributed by atoms with Crippen molar-refractivity contribution in [3.8, 4) is 5.75 Å². The number of halogens is 1. The van der Waals surface area contributed by atoms with Gasteiger partial charge in [0.15, 0.2) is 5.75 Å². The van der Waals surface area contributed by atoms with Gasteiger partial charge in [0.05, 0.1) is 11.4 Å². The Labute approximate surface area is 118 Å². The zero-order chi connectivity index (χ0) is 13.8. The molecule has 96 valence electrons. The maximum Gasteiger partial charge on any atom is 0.222 e. The van der Waals surface area contributed by atoms with Crippen LogP contribution in [0.1, 0.15) is 5.56 Å². The second kappa shape index (κ2) is 5.75. The molecule has 0 amide bonds. The third-order valence-electron chi connectivity index (χ3n) is 2.50. The van der Waals surface area contributed by atoms with Gasteiger partial charge < -0.3 is 5.11 Å². The van der Waals surface area contributed by atoms with Crippen molar-refractivity contribution in [2.24, 2.45) is 10.2 Å². The molecule has 0 saturated heterocycles. The van der Waals surface area contributed by atoms with Crippen LogP contribution in [0.2, 0.25) is 0 Å². The predicted molar refractivity (Wildman–Crippen MR) is 77.4 cm³/mol. The SMILES string of the molecule is Cc1ccc(Br)cc1N=Nc1cccc(O)c(=O)c1. The summed E-state index contributed by atoms with van der Waals surface area (Å²) in [6, 6.07) is 11.4. The van der Waals surface area contributed by atoms with E-state index < -0.39 is 5.43 Å². The molecule has 0 radical (unpaired) electrons. The standard InChI is InChI=1S/C14H11BrN2O2/c1-9-5-6-10(15)7-12(9)17-16-11-3-2-4-13(18)14(19)8-11/h2-8H,1H3,(H,18,19). The Bertz CT molecular complexity index is 699. The minimum absolute atomic E-state index is 0.305. The van der Waals surface area contributed by atoms with Crippen LogP contribution >= 0.6 is 15.9 Å². The highest BCUT2D eigenvalue weighted by Crippen LogP contribution is 2.25. The van der Waals surface area contributed by atoms with Crippen molar-refractivity contribution >= 4 is 27.3 Å². The van der Waals surface area contributed by atoms with Crippen LogP contribution in [0.15, 0.2) is 62.0 Å². The lowest BCUT2D eigenvalue weighted by atomic mass is 10.2. The van der Waals surface area contributed by atoms with Crippen molar-refractivity contribution in [1.29, 1.82) is 0 Å². The molecule has 2 rings (SSSR count). The maximum atomic E-state index is 11.4. The first-order valence-corrected chi connectivity index (χ1v) is 6.37. The highest BCUT2D eigenvalue weighted by atomic mass is 79.9. The highest BCUT2D eigenvalue weighted by Gasteiger charge is 1.98. The molecule has 5 heteroatoms. The lowest BCUT2D eigenvalue weighted by molar-refractivity contribution is 0.471. The van der Waals surface area contributed by atoms with Crippen LogP contribution in [0, 0.1) is 6.92 Å². The highest BCUT2D eigenvalue weighted by molar-refractivity contribution is 9.10. The number of rotatable bonds is 2. The number of azo groups is 1. The van der Waals surface area contributed by atoms with Gasteiger partial charge in [-0.05, 0) is 36.8 Å². The molecular formula is C14H11BrN2O2. The largest absolute Gasteiger partial charge is 0.504 e. The summed E-state index contributed by atoms with van der Waals surface area (Å²) in [5.74, 6) is -0.305.